The predicted octanol–water partition coefficient (Wildman–Crippen LogP) is 2.85. The lowest BCUT2D eigenvalue weighted by Crippen LogP contribution is -2.43. The predicted molar refractivity (Wildman–Crippen MR) is 107 cm³/mol. The molecule has 0 radical (unpaired) electrons. The van der Waals surface area contributed by atoms with Gasteiger partial charge in [-0.3, -0.25) is 4.99 Å². The number of aryl methyl sites for hydroxylation is 1. The molecule has 0 aliphatic heterocycles. The van der Waals surface area contributed by atoms with Gasteiger partial charge in [0, 0.05) is 26.2 Å². The number of hydrogen-bond donors (Lipinski definition) is 2. The highest BCUT2D eigenvalue weighted by Crippen LogP contribution is 2.14. The molecular formula is C17H24IN5. The van der Waals surface area contributed by atoms with Crippen LogP contribution < -0.4 is 10.6 Å². The maximum absolute atomic E-state index is 4.60. The average Bonchev–Trinajstić information content (AvgIpc) is 3.14. The third kappa shape index (κ3) is 4.25. The monoisotopic (exact) mass is 425 g/mol. The fraction of sp³-hybridized carbons (Fsp3) is 0.412. The molecule has 0 saturated carbocycles. The molecule has 0 spiro atoms. The summed E-state index contributed by atoms with van der Waals surface area (Å²) in [6.07, 6.45) is 6.58. The highest BCUT2D eigenvalue weighted by atomic mass is 127. The van der Waals surface area contributed by atoms with Gasteiger partial charge in [0.25, 0.3) is 0 Å². The Labute approximate surface area is 154 Å². The third-order valence-corrected chi connectivity index (χ3v) is 4.05. The standard InChI is InChI=1S/C17H23N5.HI/c1-13-20-15-9-5-6-10-16(15)22(13)12-11-19-17(18-2)21-14-7-3-4-8-14;/h3-6,9-10,14H,7-8,11-12H2,1-2H3,(H2,18,19,21);1H. The summed E-state index contributed by atoms with van der Waals surface area (Å²) in [6, 6.07) is 8.73. The molecule has 0 bridgehead atoms. The zero-order chi connectivity index (χ0) is 15.4. The van der Waals surface area contributed by atoms with Crippen molar-refractivity contribution in [3.8, 4) is 0 Å². The second kappa shape index (κ2) is 8.33. The Hall–Kier alpha value is -1.57. The van der Waals surface area contributed by atoms with Crippen molar-refractivity contribution < 1.29 is 0 Å². The van der Waals surface area contributed by atoms with Crippen molar-refractivity contribution in [2.45, 2.75) is 32.4 Å². The van der Waals surface area contributed by atoms with Gasteiger partial charge in [-0.25, -0.2) is 4.98 Å². The Balaban J connectivity index is 0.00000192. The van der Waals surface area contributed by atoms with E-state index in [2.05, 4.69) is 62.5 Å². The van der Waals surface area contributed by atoms with Crippen molar-refractivity contribution in [3.05, 3.63) is 42.2 Å². The number of nitrogens with one attached hydrogen (secondary N) is 2. The summed E-state index contributed by atoms with van der Waals surface area (Å²) < 4.78 is 2.24. The Morgan fingerprint density at radius 3 is 2.78 bits per heavy atom. The molecule has 5 nitrogen and oxygen atoms in total. The fourth-order valence-corrected chi connectivity index (χ4v) is 2.89. The van der Waals surface area contributed by atoms with Gasteiger partial charge in [-0.05, 0) is 31.9 Å². The van der Waals surface area contributed by atoms with Gasteiger partial charge in [-0.1, -0.05) is 24.3 Å². The lowest BCUT2D eigenvalue weighted by molar-refractivity contribution is 0.615. The molecule has 1 aliphatic rings. The number of halogens is 1. The normalized spacial score (nSPS) is 15.0. The molecule has 0 saturated heterocycles. The Morgan fingerprint density at radius 1 is 1.30 bits per heavy atom. The number of hydrogen-bond acceptors (Lipinski definition) is 2. The molecule has 0 amide bonds. The molecule has 124 valence electrons. The van der Waals surface area contributed by atoms with Crippen LogP contribution in [-0.4, -0.2) is 35.1 Å². The van der Waals surface area contributed by atoms with Gasteiger partial charge in [0.2, 0.25) is 0 Å². The topological polar surface area (TPSA) is 54.2 Å². The number of imidazole rings is 1. The molecular weight excluding hydrogens is 401 g/mol. The van der Waals surface area contributed by atoms with E-state index in [0.29, 0.717) is 6.04 Å². The first-order valence-corrected chi connectivity index (χ1v) is 7.82. The number of nitrogens with zero attached hydrogens (tertiary/aromatic N) is 3. The van der Waals surface area contributed by atoms with Crippen LogP contribution in [0, 0.1) is 6.92 Å². The number of aliphatic imine (C=N–C) groups is 1. The minimum atomic E-state index is 0. The number of rotatable bonds is 4. The molecule has 0 atom stereocenters. The van der Waals surface area contributed by atoms with Crippen LogP contribution in [0.15, 0.2) is 41.4 Å². The smallest absolute Gasteiger partial charge is 0.191 e. The van der Waals surface area contributed by atoms with E-state index in [4.69, 9.17) is 0 Å². The summed E-state index contributed by atoms with van der Waals surface area (Å²) >= 11 is 0. The molecule has 3 rings (SSSR count). The van der Waals surface area contributed by atoms with Crippen LogP contribution in [-0.2, 0) is 6.54 Å². The summed E-state index contributed by atoms with van der Waals surface area (Å²) in [4.78, 5) is 8.89. The fourth-order valence-electron chi connectivity index (χ4n) is 2.89. The van der Waals surface area contributed by atoms with E-state index in [1.165, 1.54) is 5.52 Å². The van der Waals surface area contributed by atoms with E-state index in [0.717, 1.165) is 43.2 Å². The third-order valence-electron chi connectivity index (χ3n) is 4.05. The van der Waals surface area contributed by atoms with Gasteiger partial charge < -0.3 is 15.2 Å². The highest BCUT2D eigenvalue weighted by Gasteiger charge is 2.11. The van der Waals surface area contributed by atoms with Crippen molar-refractivity contribution in [2.24, 2.45) is 4.99 Å². The van der Waals surface area contributed by atoms with Crippen LogP contribution in [0.4, 0.5) is 0 Å². The minimum absolute atomic E-state index is 0. The Morgan fingerprint density at radius 2 is 2.04 bits per heavy atom. The van der Waals surface area contributed by atoms with E-state index in [1.54, 1.807) is 0 Å². The highest BCUT2D eigenvalue weighted by molar-refractivity contribution is 14.0. The van der Waals surface area contributed by atoms with Gasteiger partial charge in [-0.2, -0.15) is 0 Å². The lowest BCUT2D eigenvalue weighted by Gasteiger charge is -2.17. The molecule has 1 aromatic carbocycles. The molecule has 2 N–H and O–H groups in total. The van der Waals surface area contributed by atoms with E-state index >= 15 is 0 Å². The summed E-state index contributed by atoms with van der Waals surface area (Å²) in [5.41, 5.74) is 2.24. The molecule has 1 aromatic heterocycles. The summed E-state index contributed by atoms with van der Waals surface area (Å²) in [5, 5.41) is 6.84. The van der Waals surface area contributed by atoms with E-state index < -0.39 is 0 Å². The minimum Gasteiger partial charge on any atom is -0.355 e. The van der Waals surface area contributed by atoms with Gasteiger partial charge in [0.15, 0.2) is 5.96 Å². The van der Waals surface area contributed by atoms with Crippen LogP contribution in [0.3, 0.4) is 0 Å². The molecule has 23 heavy (non-hydrogen) atoms. The first-order chi connectivity index (χ1) is 10.8. The second-order valence-electron chi connectivity index (χ2n) is 5.58. The van der Waals surface area contributed by atoms with Gasteiger partial charge in [0.1, 0.15) is 5.82 Å². The Bertz CT molecular complexity index is 696. The van der Waals surface area contributed by atoms with Crippen LogP contribution in [0.2, 0.25) is 0 Å². The van der Waals surface area contributed by atoms with Crippen molar-refractivity contribution in [1.82, 2.24) is 20.2 Å². The van der Waals surface area contributed by atoms with Gasteiger partial charge in [0.05, 0.1) is 11.0 Å². The van der Waals surface area contributed by atoms with E-state index in [9.17, 15) is 0 Å². The molecule has 2 aromatic rings. The van der Waals surface area contributed by atoms with Gasteiger partial charge in [-0.15, -0.1) is 24.0 Å². The van der Waals surface area contributed by atoms with Crippen molar-refractivity contribution in [1.29, 1.82) is 0 Å². The van der Waals surface area contributed by atoms with E-state index in [-0.39, 0.29) is 24.0 Å². The Kier molecular flexibility index (Phi) is 6.44. The van der Waals surface area contributed by atoms with Crippen LogP contribution in [0.25, 0.3) is 11.0 Å². The average molecular weight is 425 g/mol. The van der Waals surface area contributed by atoms with E-state index in [1.807, 2.05) is 13.1 Å². The number of benzene rings is 1. The zero-order valence-electron chi connectivity index (χ0n) is 13.6. The maximum atomic E-state index is 4.60. The summed E-state index contributed by atoms with van der Waals surface area (Å²) in [7, 11) is 1.82. The summed E-state index contributed by atoms with van der Waals surface area (Å²) in [6.45, 7) is 3.74. The molecule has 6 heteroatoms. The van der Waals surface area contributed by atoms with Crippen molar-refractivity contribution in [2.75, 3.05) is 13.6 Å². The zero-order valence-corrected chi connectivity index (χ0v) is 16.0. The first-order valence-electron chi connectivity index (χ1n) is 7.82. The molecule has 0 fully saturated rings. The number of guanidine groups is 1. The van der Waals surface area contributed by atoms with Crippen molar-refractivity contribution >= 4 is 41.0 Å². The van der Waals surface area contributed by atoms with Crippen LogP contribution in [0.5, 0.6) is 0 Å². The van der Waals surface area contributed by atoms with Crippen LogP contribution in [0.1, 0.15) is 18.7 Å². The second-order valence-corrected chi connectivity index (χ2v) is 5.58. The number of para-hydroxylation sites is 2. The van der Waals surface area contributed by atoms with Crippen LogP contribution >= 0.6 is 24.0 Å². The molecule has 0 unspecified atom stereocenters. The molecule has 1 aliphatic carbocycles. The van der Waals surface area contributed by atoms with Crippen molar-refractivity contribution in [3.63, 3.8) is 0 Å². The lowest BCUT2D eigenvalue weighted by atomic mass is 10.2. The maximum Gasteiger partial charge on any atom is 0.191 e. The summed E-state index contributed by atoms with van der Waals surface area (Å²) in [5.74, 6) is 1.92. The number of aromatic nitrogens is 2. The largest absolute Gasteiger partial charge is 0.355 e. The SMILES string of the molecule is CN=C(NCCn1c(C)nc2ccccc21)NC1CC=CC1.I. The quantitative estimate of drug-likeness (QED) is 0.343. The first kappa shape index (κ1) is 17.8. The molecule has 1 heterocycles. The van der Waals surface area contributed by atoms with Gasteiger partial charge >= 0.3 is 0 Å². The number of fused-ring (bicyclic) bond motifs is 1.